The van der Waals surface area contributed by atoms with E-state index in [0.717, 1.165) is 6.42 Å². The predicted octanol–water partition coefficient (Wildman–Crippen LogP) is 3.64. The molecule has 0 heterocycles. The van der Waals surface area contributed by atoms with Crippen LogP contribution in [0.5, 0.6) is 0 Å². The number of carboxylic acids is 1. The van der Waals surface area contributed by atoms with Crippen molar-refractivity contribution in [3.63, 3.8) is 0 Å². The third-order valence-electron chi connectivity index (χ3n) is 6.96. The van der Waals surface area contributed by atoms with Crippen molar-refractivity contribution in [3.05, 3.63) is 0 Å². The largest absolute Gasteiger partial charge is 0.481 e. The van der Waals surface area contributed by atoms with E-state index in [9.17, 15) is 40.7 Å². The van der Waals surface area contributed by atoms with Crippen molar-refractivity contribution in [1.29, 1.82) is 0 Å². The van der Waals surface area contributed by atoms with Crippen molar-refractivity contribution in [2.45, 2.75) is 69.0 Å². The zero-order valence-electron chi connectivity index (χ0n) is 16.6. The highest BCUT2D eigenvalue weighted by Crippen LogP contribution is 2.65. The predicted molar refractivity (Wildman–Crippen MR) is 96.7 cm³/mol. The van der Waals surface area contributed by atoms with E-state index >= 15 is 0 Å². The van der Waals surface area contributed by atoms with Crippen molar-refractivity contribution in [1.82, 2.24) is 0 Å². The fourth-order valence-corrected chi connectivity index (χ4v) is 6.58. The van der Waals surface area contributed by atoms with Gasteiger partial charge in [0.25, 0.3) is 0 Å². The zero-order chi connectivity index (χ0) is 22.6. The molecule has 0 radical (unpaired) electrons. The standard InChI is InChI=1S/C19H26F4O6S/c1-30(27,28)19(22,23)18(20,21)4-2-3-5-29-15(26)17-9-12-6-13(10-17)8-16(7-12,11-17)14(24)25/h12-13H,2-11H2,1H3,(H,24,25). The van der Waals surface area contributed by atoms with Gasteiger partial charge in [-0.05, 0) is 63.2 Å². The van der Waals surface area contributed by atoms with Gasteiger partial charge in [-0.25, -0.2) is 8.42 Å². The van der Waals surface area contributed by atoms with Gasteiger partial charge < -0.3 is 9.84 Å². The number of alkyl halides is 4. The molecular weight excluding hydrogens is 432 g/mol. The first-order valence-corrected chi connectivity index (χ1v) is 11.9. The number of esters is 1. The van der Waals surface area contributed by atoms with Crippen LogP contribution in [-0.4, -0.2) is 49.5 Å². The molecule has 4 aliphatic carbocycles. The van der Waals surface area contributed by atoms with Crippen LogP contribution in [0.2, 0.25) is 0 Å². The number of ether oxygens (including phenoxy) is 1. The van der Waals surface area contributed by atoms with E-state index in [4.69, 9.17) is 4.74 Å². The Bertz CT molecular complexity index is 811. The molecular formula is C19H26F4O6S. The summed E-state index contributed by atoms with van der Waals surface area (Å²) < 4.78 is 81.1. The summed E-state index contributed by atoms with van der Waals surface area (Å²) in [6, 6.07) is 0. The first-order valence-electron chi connectivity index (χ1n) is 10.0. The van der Waals surface area contributed by atoms with E-state index in [1.165, 1.54) is 0 Å². The van der Waals surface area contributed by atoms with Gasteiger partial charge in [-0.2, -0.15) is 17.6 Å². The molecule has 4 bridgehead atoms. The van der Waals surface area contributed by atoms with Crippen LogP contribution in [0.15, 0.2) is 0 Å². The van der Waals surface area contributed by atoms with Gasteiger partial charge in [-0.1, -0.05) is 0 Å². The molecule has 0 amide bonds. The second-order valence-corrected chi connectivity index (χ2v) is 11.5. The second-order valence-electron chi connectivity index (χ2n) is 9.41. The lowest BCUT2D eigenvalue weighted by Gasteiger charge is -2.59. The molecule has 30 heavy (non-hydrogen) atoms. The van der Waals surface area contributed by atoms with Crippen LogP contribution >= 0.6 is 0 Å². The number of halogens is 4. The first kappa shape index (κ1) is 23.3. The SMILES string of the molecule is CS(=O)(=O)C(F)(F)C(F)(F)CCCCOC(=O)C12CC3CC(CC(C(=O)O)(C3)C1)C2. The maximum atomic E-state index is 13.6. The minimum Gasteiger partial charge on any atom is -0.481 e. The summed E-state index contributed by atoms with van der Waals surface area (Å²) in [5.41, 5.74) is -1.79. The van der Waals surface area contributed by atoms with E-state index < -0.39 is 56.6 Å². The molecule has 0 aromatic carbocycles. The number of aliphatic carboxylic acids is 1. The van der Waals surface area contributed by atoms with Gasteiger partial charge in [0.2, 0.25) is 9.84 Å². The van der Waals surface area contributed by atoms with E-state index in [1.807, 2.05) is 0 Å². The van der Waals surface area contributed by atoms with E-state index in [2.05, 4.69) is 0 Å². The lowest BCUT2D eigenvalue weighted by atomic mass is 9.44. The molecule has 0 saturated heterocycles. The lowest BCUT2D eigenvalue weighted by Crippen LogP contribution is -2.57. The minimum absolute atomic E-state index is 0.0536. The number of hydrogen-bond donors (Lipinski definition) is 1. The molecule has 2 unspecified atom stereocenters. The topological polar surface area (TPSA) is 97.7 Å². The number of carbonyl (C=O) groups is 2. The van der Waals surface area contributed by atoms with Crippen LogP contribution < -0.4 is 0 Å². The maximum absolute atomic E-state index is 13.6. The summed E-state index contributed by atoms with van der Waals surface area (Å²) in [5.74, 6) is -5.88. The van der Waals surface area contributed by atoms with E-state index in [-0.39, 0.29) is 37.5 Å². The van der Waals surface area contributed by atoms with Crippen molar-refractivity contribution in [2.75, 3.05) is 12.9 Å². The molecule has 0 aromatic rings. The molecule has 172 valence electrons. The van der Waals surface area contributed by atoms with Crippen LogP contribution in [0.4, 0.5) is 17.6 Å². The van der Waals surface area contributed by atoms with Crippen LogP contribution in [0, 0.1) is 22.7 Å². The number of rotatable bonds is 9. The molecule has 2 atom stereocenters. The fourth-order valence-electron chi connectivity index (χ4n) is 5.94. The number of hydrogen-bond acceptors (Lipinski definition) is 5. The molecule has 0 aromatic heterocycles. The summed E-state index contributed by atoms with van der Waals surface area (Å²) >= 11 is 0. The summed E-state index contributed by atoms with van der Waals surface area (Å²) in [7, 11) is -5.27. The zero-order valence-corrected chi connectivity index (χ0v) is 17.5. The molecule has 0 spiro atoms. The molecule has 4 fully saturated rings. The summed E-state index contributed by atoms with van der Waals surface area (Å²) in [6.45, 7) is -0.267. The van der Waals surface area contributed by atoms with Crippen LogP contribution in [0.25, 0.3) is 0 Å². The van der Waals surface area contributed by atoms with Crippen LogP contribution in [0.1, 0.15) is 57.8 Å². The van der Waals surface area contributed by atoms with Gasteiger partial charge in [0.1, 0.15) is 0 Å². The average Bonchev–Trinajstić information content (AvgIpc) is 2.58. The Balaban J connectivity index is 1.53. The van der Waals surface area contributed by atoms with Gasteiger partial charge in [0, 0.05) is 12.7 Å². The molecule has 4 rings (SSSR count). The monoisotopic (exact) mass is 458 g/mol. The Morgan fingerprint density at radius 2 is 1.57 bits per heavy atom. The molecule has 1 N–H and O–H groups in total. The summed E-state index contributed by atoms with van der Waals surface area (Å²) in [4.78, 5) is 24.6. The highest BCUT2D eigenvalue weighted by molar-refractivity contribution is 7.91. The number of carbonyl (C=O) groups excluding carboxylic acids is 1. The van der Waals surface area contributed by atoms with Crippen molar-refractivity contribution < 1.29 is 45.4 Å². The van der Waals surface area contributed by atoms with Crippen LogP contribution in [-0.2, 0) is 24.2 Å². The van der Waals surface area contributed by atoms with Crippen molar-refractivity contribution >= 4 is 21.8 Å². The van der Waals surface area contributed by atoms with Gasteiger partial charge >= 0.3 is 23.1 Å². The second kappa shape index (κ2) is 7.34. The Morgan fingerprint density at radius 3 is 2.07 bits per heavy atom. The van der Waals surface area contributed by atoms with Crippen molar-refractivity contribution in [3.8, 4) is 0 Å². The smallest absolute Gasteiger partial charge is 0.406 e. The third kappa shape index (κ3) is 3.82. The molecule has 0 aliphatic heterocycles. The van der Waals surface area contributed by atoms with Gasteiger partial charge in [0.15, 0.2) is 0 Å². The number of sulfone groups is 1. The van der Waals surface area contributed by atoms with Gasteiger partial charge in [0.05, 0.1) is 17.4 Å². The Morgan fingerprint density at radius 1 is 1.03 bits per heavy atom. The fraction of sp³-hybridized carbons (Fsp3) is 0.895. The van der Waals surface area contributed by atoms with E-state index in [1.54, 1.807) is 0 Å². The highest BCUT2D eigenvalue weighted by atomic mass is 32.2. The Hall–Kier alpha value is -1.39. The van der Waals surface area contributed by atoms with E-state index in [0.29, 0.717) is 25.7 Å². The average molecular weight is 458 g/mol. The summed E-state index contributed by atoms with van der Waals surface area (Å²) in [5, 5.41) is 4.53. The number of unbranched alkanes of at least 4 members (excludes halogenated alkanes) is 1. The lowest BCUT2D eigenvalue weighted by molar-refractivity contribution is -0.191. The Kier molecular flexibility index (Phi) is 5.69. The normalized spacial score (nSPS) is 33.5. The summed E-state index contributed by atoms with van der Waals surface area (Å²) in [6.07, 6.45) is 1.42. The maximum Gasteiger partial charge on any atom is 0.406 e. The first-order chi connectivity index (χ1) is 13.6. The quantitative estimate of drug-likeness (QED) is 0.322. The minimum atomic E-state index is -5.27. The van der Waals surface area contributed by atoms with Gasteiger partial charge in [-0.3, -0.25) is 9.59 Å². The van der Waals surface area contributed by atoms with Crippen LogP contribution in [0.3, 0.4) is 0 Å². The van der Waals surface area contributed by atoms with Gasteiger partial charge in [-0.15, -0.1) is 0 Å². The molecule has 11 heteroatoms. The van der Waals surface area contributed by atoms with Crippen molar-refractivity contribution in [2.24, 2.45) is 22.7 Å². The number of carboxylic acid groups (broad SMARTS) is 1. The third-order valence-corrected chi connectivity index (χ3v) is 8.19. The molecule has 6 nitrogen and oxygen atoms in total. The molecule has 4 aliphatic rings. The molecule has 4 saturated carbocycles. The highest BCUT2D eigenvalue weighted by Gasteiger charge is 2.64. The Labute approximate surface area is 172 Å².